The van der Waals surface area contributed by atoms with E-state index in [1.165, 1.54) is 61.1 Å². The fraction of sp³-hybridized carbons (Fsp3) is 0.706. The summed E-state index contributed by atoms with van der Waals surface area (Å²) in [6.45, 7) is 4.74. The average Bonchev–Trinajstić information content (AvgIpc) is 2.75. The Labute approximate surface area is 136 Å². The Hall–Kier alpha value is -0.610. The van der Waals surface area contributed by atoms with Gasteiger partial charge in [-0.05, 0) is 55.9 Å². The highest BCUT2D eigenvalue weighted by Gasteiger charge is 2.41. The Morgan fingerprint density at radius 1 is 1.19 bits per heavy atom. The van der Waals surface area contributed by atoms with Crippen molar-refractivity contribution < 1.29 is 0 Å². The lowest BCUT2D eigenvalue weighted by atomic mass is 9.80. The van der Waals surface area contributed by atoms with E-state index in [4.69, 9.17) is 12.2 Å². The van der Waals surface area contributed by atoms with Gasteiger partial charge in [0.1, 0.15) is 15.7 Å². The summed E-state index contributed by atoms with van der Waals surface area (Å²) >= 11 is 7.75. The Kier molecular flexibility index (Phi) is 3.30. The second kappa shape index (κ2) is 4.95. The lowest BCUT2D eigenvalue weighted by Gasteiger charge is -2.45. The molecule has 2 heterocycles. The molecule has 1 aromatic rings. The molecule has 2 N–H and O–H groups in total. The van der Waals surface area contributed by atoms with Crippen LogP contribution in [-0.4, -0.2) is 10.7 Å². The molecule has 0 radical (unpaired) electrons. The first-order valence-corrected chi connectivity index (χ1v) is 9.54. The van der Waals surface area contributed by atoms with Crippen molar-refractivity contribution in [3.8, 4) is 0 Å². The minimum atomic E-state index is 0.0286. The molecule has 1 fully saturated rings. The number of nitrogens with one attached hydrogen (secondary N) is 2. The second-order valence-electron chi connectivity index (χ2n) is 7.42. The molecular weight excluding hydrogens is 296 g/mol. The van der Waals surface area contributed by atoms with Crippen molar-refractivity contribution in [2.45, 2.75) is 64.5 Å². The molecule has 2 nitrogen and oxygen atoms in total. The van der Waals surface area contributed by atoms with Crippen LogP contribution in [0.1, 0.15) is 62.0 Å². The van der Waals surface area contributed by atoms with Crippen molar-refractivity contribution >= 4 is 33.5 Å². The van der Waals surface area contributed by atoms with Crippen LogP contribution in [0.3, 0.4) is 0 Å². The van der Waals surface area contributed by atoms with Crippen molar-refractivity contribution in [2.75, 3.05) is 5.32 Å². The molecule has 1 saturated carbocycles. The summed E-state index contributed by atoms with van der Waals surface area (Å²) in [5.74, 6) is 1.60. The van der Waals surface area contributed by atoms with Gasteiger partial charge in [-0.1, -0.05) is 32.5 Å². The number of hydrogen-bond donors (Lipinski definition) is 2. The van der Waals surface area contributed by atoms with Crippen LogP contribution in [0, 0.1) is 11.8 Å². The fourth-order valence-corrected chi connectivity index (χ4v) is 6.39. The summed E-state index contributed by atoms with van der Waals surface area (Å²) in [6, 6.07) is 0. The van der Waals surface area contributed by atoms with Gasteiger partial charge in [-0.3, -0.25) is 0 Å². The maximum absolute atomic E-state index is 5.78. The Bertz CT molecular complexity index is 592. The smallest absolute Gasteiger partial charge is 0.111 e. The number of fused-ring (bicyclic) bond motifs is 3. The van der Waals surface area contributed by atoms with E-state index < -0.39 is 0 Å². The molecule has 3 atom stereocenters. The van der Waals surface area contributed by atoms with Gasteiger partial charge in [-0.2, -0.15) is 0 Å². The third-order valence-electron chi connectivity index (χ3n) is 5.44. The summed E-state index contributed by atoms with van der Waals surface area (Å²) in [5, 5.41) is 8.91. The van der Waals surface area contributed by atoms with Gasteiger partial charge in [0.15, 0.2) is 0 Å². The van der Waals surface area contributed by atoms with Crippen LogP contribution in [0.25, 0.3) is 0 Å². The molecule has 114 valence electrons. The van der Waals surface area contributed by atoms with Gasteiger partial charge in [0.25, 0.3) is 0 Å². The second-order valence-corrected chi connectivity index (χ2v) is 8.93. The van der Waals surface area contributed by atoms with Crippen molar-refractivity contribution in [3.63, 3.8) is 0 Å². The van der Waals surface area contributed by atoms with E-state index in [1.807, 2.05) is 11.3 Å². The third kappa shape index (κ3) is 2.31. The first kappa shape index (κ1) is 14.0. The zero-order valence-electron chi connectivity index (χ0n) is 12.9. The van der Waals surface area contributed by atoms with Crippen LogP contribution in [0.2, 0.25) is 0 Å². The standard InChI is InChI=1S/C17H24N2S2/c1-10-5-6-12-13(8-10)21-16-14(12)15(20)18-17(19-16)7-3-4-11(2)9-17/h10-11,19H,3-9H2,1-2H3,(H,18,20). The highest BCUT2D eigenvalue weighted by molar-refractivity contribution is 7.80. The molecule has 0 aromatic carbocycles. The maximum atomic E-state index is 5.78. The minimum absolute atomic E-state index is 0.0286. The van der Waals surface area contributed by atoms with E-state index in [-0.39, 0.29) is 5.66 Å². The zero-order valence-corrected chi connectivity index (χ0v) is 14.6. The molecule has 21 heavy (non-hydrogen) atoms. The zero-order chi connectivity index (χ0) is 14.6. The third-order valence-corrected chi connectivity index (χ3v) is 6.92. The molecule has 0 bridgehead atoms. The number of thiocarbonyl (C=S) groups is 1. The molecule has 1 spiro atoms. The van der Waals surface area contributed by atoms with Crippen LogP contribution < -0.4 is 10.6 Å². The van der Waals surface area contributed by atoms with Gasteiger partial charge in [0, 0.05) is 10.4 Å². The molecule has 3 unspecified atom stereocenters. The van der Waals surface area contributed by atoms with E-state index in [9.17, 15) is 0 Å². The molecule has 0 saturated heterocycles. The van der Waals surface area contributed by atoms with Crippen LogP contribution >= 0.6 is 23.6 Å². The highest BCUT2D eigenvalue weighted by Crippen LogP contribution is 2.45. The highest BCUT2D eigenvalue weighted by atomic mass is 32.1. The Morgan fingerprint density at radius 2 is 2.05 bits per heavy atom. The van der Waals surface area contributed by atoms with Gasteiger partial charge >= 0.3 is 0 Å². The number of thiophene rings is 1. The summed E-state index contributed by atoms with van der Waals surface area (Å²) in [4.78, 5) is 2.58. The average molecular weight is 321 g/mol. The lowest BCUT2D eigenvalue weighted by Crippen LogP contribution is -2.59. The van der Waals surface area contributed by atoms with Crippen molar-refractivity contribution in [2.24, 2.45) is 11.8 Å². The Morgan fingerprint density at radius 3 is 2.86 bits per heavy atom. The van der Waals surface area contributed by atoms with E-state index in [0.29, 0.717) is 0 Å². The minimum Gasteiger partial charge on any atom is -0.354 e. The summed E-state index contributed by atoms with van der Waals surface area (Å²) in [7, 11) is 0. The predicted octanol–water partition coefficient (Wildman–Crippen LogP) is 4.47. The van der Waals surface area contributed by atoms with Crippen LogP contribution in [0.15, 0.2) is 0 Å². The first-order chi connectivity index (χ1) is 10.1. The number of rotatable bonds is 0. The fourth-order valence-electron chi connectivity index (χ4n) is 4.39. The normalized spacial score (nSPS) is 34.9. The van der Waals surface area contributed by atoms with Crippen LogP contribution in [0.5, 0.6) is 0 Å². The van der Waals surface area contributed by atoms with Gasteiger partial charge in [0.2, 0.25) is 0 Å². The van der Waals surface area contributed by atoms with Gasteiger partial charge in [-0.25, -0.2) is 0 Å². The monoisotopic (exact) mass is 320 g/mol. The number of anilines is 1. The van der Waals surface area contributed by atoms with E-state index in [2.05, 4.69) is 24.5 Å². The predicted molar refractivity (Wildman–Crippen MR) is 94.3 cm³/mol. The lowest BCUT2D eigenvalue weighted by molar-refractivity contribution is 0.241. The molecule has 3 aliphatic rings. The molecule has 0 amide bonds. The van der Waals surface area contributed by atoms with E-state index in [1.54, 1.807) is 4.88 Å². The SMILES string of the molecule is CC1CCc2c(sc3c2C(=S)NC2(CCCC(C)C2)N3)C1. The largest absolute Gasteiger partial charge is 0.354 e. The van der Waals surface area contributed by atoms with Gasteiger partial charge in [-0.15, -0.1) is 11.3 Å². The topological polar surface area (TPSA) is 24.1 Å². The first-order valence-electron chi connectivity index (χ1n) is 8.31. The Balaban J connectivity index is 1.71. The molecule has 4 rings (SSSR count). The summed E-state index contributed by atoms with van der Waals surface area (Å²) in [5.41, 5.74) is 2.90. The van der Waals surface area contributed by atoms with Crippen molar-refractivity contribution in [1.82, 2.24) is 5.32 Å². The van der Waals surface area contributed by atoms with Gasteiger partial charge < -0.3 is 10.6 Å². The summed E-state index contributed by atoms with van der Waals surface area (Å²) in [6.07, 6.45) is 8.77. The van der Waals surface area contributed by atoms with Crippen LogP contribution in [-0.2, 0) is 12.8 Å². The molecule has 4 heteroatoms. The quantitative estimate of drug-likeness (QED) is 0.690. The van der Waals surface area contributed by atoms with Crippen molar-refractivity contribution in [1.29, 1.82) is 0 Å². The number of hydrogen-bond acceptors (Lipinski definition) is 3. The summed E-state index contributed by atoms with van der Waals surface area (Å²) < 4.78 is 0. The molecule has 1 aliphatic heterocycles. The maximum Gasteiger partial charge on any atom is 0.111 e. The van der Waals surface area contributed by atoms with Crippen LogP contribution in [0.4, 0.5) is 5.00 Å². The van der Waals surface area contributed by atoms with Gasteiger partial charge in [0.05, 0.1) is 0 Å². The molecule has 1 aromatic heterocycles. The van der Waals surface area contributed by atoms with Crippen molar-refractivity contribution in [3.05, 3.63) is 16.0 Å². The van der Waals surface area contributed by atoms with E-state index >= 15 is 0 Å². The molecular formula is C17H24N2S2. The molecule has 2 aliphatic carbocycles. The van der Waals surface area contributed by atoms with E-state index in [0.717, 1.165) is 16.8 Å².